The van der Waals surface area contributed by atoms with Crippen molar-refractivity contribution >= 4 is 11.6 Å². The molecular formula is C26H31N3O. The number of hydrogen-bond donors (Lipinski definition) is 1. The summed E-state index contributed by atoms with van der Waals surface area (Å²) >= 11 is 0. The largest absolute Gasteiger partial charge is 0.378 e. The Labute approximate surface area is 179 Å². The molecular weight excluding hydrogens is 370 g/mol. The van der Waals surface area contributed by atoms with E-state index in [0.29, 0.717) is 17.9 Å². The number of nitrogens with one attached hydrogen (secondary N) is 1. The highest BCUT2D eigenvalue weighted by molar-refractivity contribution is 5.95. The second-order valence-corrected chi connectivity index (χ2v) is 9.87. The second-order valence-electron chi connectivity index (χ2n) is 9.87. The molecule has 2 aliphatic carbocycles. The van der Waals surface area contributed by atoms with E-state index in [4.69, 9.17) is 0 Å². The number of benzene rings is 2. The van der Waals surface area contributed by atoms with Crippen LogP contribution in [0.15, 0.2) is 48.5 Å². The van der Waals surface area contributed by atoms with E-state index in [2.05, 4.69) is 59.7 Å². The monoisotopic (exact) mass is 401 g/mol. The number of piperazine rings is 1. The van der Waals surface area contributed by atoms with Crippen LogP contribution in [0.5, 0.6) is 0 Å². The molecule has 4 nitrogen and oxygen atoms in total. The van der Waals surface area contributed by atoms with E-state index in [0.717, 1.165) is 43.6 Å². The quantitative estimate of drug-likeness (QED) is 0.812. The van der Waals surface area contributed by atoms with E-state index < -0.39 is 0 Å². The van der Waals surface area contributed by atoms with E-state index in [1.54, 1.807) is 0 Å². The average Bonchev–Trinajstić information content (AvgIpc) is 3.42. The van der Waals surface area contributed by atoms with Crippen molar-refractivity contribution in [3.05, 3.63) is 65.2 Å². The van der Waals surface area contributed by atoms with Crippen molar-refractivity contribution in [2.45, 2.75) is 31.2 Å². The normalized spacial score (nSPS) is 32.4. The second kappa shape index (κ2) is 7.12. The first-order chi connectivity index (χ1) is 14.7. The summed E-state index contributed by atoms with van der Waals surface area (Å²) in [7, 11) is 2.13. The van der Waals surface area contributed by atoms with Crippen molar-refractivity contribution in [3.8, 4) is 0 Å². The molecule has 4 aliphatic rings. The first-order valence-corrected chi connectivity index (χ1v) is 11.6. The molecule has 1 amide bonds. The van der Waals surface area contributed by atoms with Gasteiger partial charge in [-0.3, -0.25) is 4.79 Å². The molecule has 1 N–H and O–H groups in total. The molecule has 2 saturated carbocycles. The third-order valence-corrected chi connectivity index (χ3v) is 8.28. The maximum atomic E-state index is 13.2. The van der Waals surface area contributed by atoms with Gasteiger partial charge in [-0.1, -0.05) is 30.3 Å². The minimum atomic E-state index is 0.204. The summed E-state index contributed by atoms with van der Waals surface area (Å²) in [6.45, 7) is 3.59. The summed E-state index contributed by atoms with van der Waals surface area (Å²) in [5.41, 5.74) is 4.93. The average molecular weight is 402 g/mol. The van der Waals surface area contributed by atoms with E-state index in [1.165, 1.54) is 36.1 Å². The molecule has 0 unspecified atom stereocenters. The molecule has 2 aromatic rings. The van der Waals surface area contributed by atoms with Gasteiger partial charge in [-0.2, -0.15) is 0 Å². The highest BCUT2D eigenvalue weighted by atomic mass is 16.2. The minimum Gasteiger partial charge on any atom is -0.378 e. The van der Waals surface area contributed by atoms with Gasteiger partial charge in [-0.15, -0.1) is 0 Å². The van der Waals surface area contributed by atoms with Crippen LogP contribution in [-0.2, 0) is 0 Å². The lowest BCUT2D eigenvalue weighted by molar-refractivity contribution is 0.0664. The molecule has 2 aromatic carbocycles. The third-order valence-electron chi connectivity index (χ3n) is 8.28. The fraction of sp³-hybridized carbons (Fsp3) is 0.500. The number of anilines is 1. The fourth-order valence-electron chi connectivity index (χ4n) is 6.80. The molecule has 6 rings (SSSR count). The Morgan fingerprint density at radius 2 is 1.73 bits per heavy atom. The Hall–Kier alpha value is -2.33. The van der Waals surface area contributed by atoms with Gasteiger partial charge in [0.1, 0.15) is 0 Å². The van der Waals surface area contributed by atoms with Crippen LogP contribution < -0.4 is 5.32 Å². The molecule has 2 bridgehead atoms. The van der Waals surface area contributed by atoms with Crippen molar-refractivity contribution in [3.63, 3.8) is 0 Å². The predicted octanol–water partition coefficient (Wildman–Crippen LogP) is 4.37. The fourth-order valence-corrected chi connectivity index (χ4v) is 6.80. The summed E-state index contributed by atoms with van der Waals surface area (Å²) in [5.74, 6) is 3.03. The number of carbonyl (C=O) groups is 1. The molecule has 4 heteroatoms. The SMILES string of the molecule is CN1CCN(C(=O)c2ccc3c(c2)[C@@H]2[C@@H]4CC[C@@H](C4)[C@@H]2[C@H](c2ccccc2)N3)CC1. The minimum absolute atomic E-state index is 0.204. The van der Waals surface area contributed by atoms with Gasteiger partial charge in [0.15, 0.2) is 0 Å². The van der Waals surface area contributed by atoms with Gasteiger partial charge in [0, 0.05) is 37.4 Å². The number of carbonyl (C=O) groups excluding carboxylic acids is 1. The van der Waals surface area contributed by atoms with Crippen LogP contribution in [0.2, 0.25) is 0 Å². The van der Waals surface area contributed by atoms with Crippen molar-refractivity contribution in [2.24, 2.45) is 17.8 Å². The van der Waals surface area contributed by atoms with E-state index in [9.17, 15) is 4.79 Å². The highest BCUT2D eigenvalue weighted by Crippen LogP contribution is 2.63. The van der Waals surface area contributed by atoms with Crippen molar-refractivity contribution in [1.82, 2.24) is 9.80 Å². The summed E-state index contributed by atoms with van der Waals surface area (Å²) in [4.78, 5) is 17.5. The van der Waals surface area contributed by atoms with Crippen molar-refractivity contribution in [1.29, 1.82) is 0 Å². The Kier molecular flexibility index (Phi) is 4.38. The molecule has 0 aromatic heterocycles. The predicted molar refractivity (Wildman–Crippen MR) is 120 cm³/mol. The maximum absolute atomic E-state index is 13.2. The Balaban J connectivity index is 1.35. The summed E-state index contributed by atoms with van der Waals surface area (Å²) < 4.78 is 0. The molecule has 2 aliphatic heterocycles. The molecule has 2 heterocycles. The molecule has 0 radical (unpaired) electrons. The molecule has 3 fully saturated rings. The van der Waals surface area contributed by atoms with Gasteiger partial charge in [0.2, 0.25) is 0 Å². The van der Waals surface area contributed by atoms with E-state index >= 15 is 0 Å². The third kappa shape index (κ3) is 2.88. The lowest BCUT2D eigenvalue weighted by Gasteiger charge is -2.43. The molecule has 156 valence electrons. The van der Waals surface area contributed by atoms with Gasteiger partial charge < -0.3 is 15.1 Å². The van der Waals surface area contributed by atoms with Gasteiger partial charge >= 0.3 is 0 Å². The Morgan fingerprint density at radius 3 is 2.53 bits per heavy atom. The Morgan fingerprint density at radius 1 is 0.967 bits per heavy atom. The maximum Gasteiger partial charge on any atom is 0.253 e. The zero-order chi connectivity index (χ0) is 20.2. The molecule has 1 saturated heterocycles. The summed E-state index contributed by atoms with van der Waals surface area (Å²) in [6.07, 6.45) is 4.08. The highest BCUT2D eigenvalue weighted by Gasteiger charge is 2.53. The van der Waals surface area contributed by atoms with Crippen molar-refractivity contribution in [2.75, 3.05) is 38.5 Å². The Bertz CT molecular complexity index is 950. The van der Waals surface area contributed by atoms with Gasteiger partial charge in [0.05, 0.1) is 6.04 Å². The standard InChI is InChI=1S/C26H31N3O/c1-28-11-13-29(14-12-28)26(30)20-9-10-22-21(16-20)23-18-7-8-19(15-18)24(23)25(27-22)17-5-3-2-4-6-17/h2-6,9-10,16,18-19,23-25,27H,7-8,11-15H2,1H3/t18-,19+,23+,24+,25+/m1/s1. The summed E-state index contributed by atoms with van der Waals surface area (Å²) in [5, 5.41) is 3.89. The van der Waals surface area contributed by atoms with Crippen LogP contribution in [0.1, 0.15) is 52.7 Å². The van der Waals surface area contributed by atoms with Crippen LogP contribution >= 0.6 is 0 Å². The van der Waals surface area contributed by atoms with Crippen LogP contribution in [0.25, 0.3) is 0 Å². The smallest absolute Gasteiger partial charge is 0.253 e. The topological polar surface area (TPSA) is 35.6 Å². The van der Waals surface area contributed by atoms with Crippen LogP contribution in [0.4, 0.5) is 5.69 Å². The van der Waals surface area contributed by atoms with E-state index in [1.807, 2.05) is 11.0 Å². The number of rotatable bonds is 2. The van der Waals surface area contributed by atoms with Crippen molar-refractivity contribution < 1.29 is 4.79 Å². The molecule has 5 atom stereocenters. The zero-order valence-electron chi connectivity index (χ0n) is 17.8. The van der Waals surface area contributed by atoms with E-state index in [-0.39, 0.29) is 5.91 Å². The van der Waals surface area contributed by atoms with Gasteiger partial charge in [-0.05, 0) is 79.3 Å². The van der Waals surface area contributed by atoms with Crippen LogP contribution in [0.3, 0.4) is 0 Å². The number of nitrogens with zero attached hydrogens (tertiary/aromatic N) is 2. The number of amides is 1. The molecule has 0 spiro atoms. The number of hydrogen-bond acceptors (Lipinski definition) is 3. The lowest BCUT2D eigenvalue weighted by Crippen LogP contribution is -2.47. The first-order valence-electron chi connectivity index (χ1n) is 11.6. The number of likely N-dealkylation sites (N-methyl/N-ethyl adjacent to an activating group) is 1. The first kappa shape index (κ1) is 18.4. The van der Waals surface area contributed by atoms with Crippen LogP contribution in [-0.4, -0.2) is 48.9 Å². The number of fused-ring (bicyclic) bond motifs is 7. The lowest BCUT2D eigenvalue weighted by atomic mass is 9.68. The molecule has 30 heavy (non-hydrogen) atoms. The summed E-state index contributed by atoms with van der Waals surface area (Å²) in [6, 6.07) is 17.8. The zero-order valence-corrected chi connectivity index (χ0v) is 17.8. The van der Waals surface area contributed by atoms with Gasteiger partial charge in [-0.25, -0.2) is 0 Å². The van der Waals surface area contributed by atoms with Crippen LogP contribution in [0, 0.1) is 17.8 Å². The van der Waals surface area contributed by atoms with Gasteiger partial charge in [0.25, 0.3) is 5.91 Å².